The highest BCUT2D eigenvalue weighted by Crippen LogP contribution is 2.47. The number of aliphatic hydroxyl groups is 1. The van der Waals surface area contributed by atoms with E-state index < -0.39 is 61.7 Å². The number of aliphatic hydroxyl groups excluding tert-OH is 1. The highest BCUT2D eigenvalue weighted by Gasteiger charge is 2.56. The third kappa shape index (κ3) is 7.03. The fraction of sp³-hybridized carbons (Fsp3) is 0.560. The molecule has 4 rings (SSSR count). The van der Waals surface area contributed by atoms with Crippen LogP contribution >= 0.6 is 7.75 Å². The van der Waals surface area contributed by atoms with Crippen LogP contribution in [0, 0.1) is 0 Å². The molecule has 0 radical (unpaired) electrons. The van der Waals surface area contributed by atoms with E-state index in [0.29, 0.717) is 0 Å². The summed E-state index contributed by atoms with van der Waals surface area (Å²) in [5, 5.41) is 13.2. The highest BCUT2D eigenvalue weighted by atomic mass is 31.2. The molecule has 1 aliphatic carbocycles. The van der Waals surface area contributed by atoms with E-state index in [1.54, 1.807) is 18.2 Å². The number of halogens is 1. The predicted octanol–water partition coefficient (Wildman–Crippen LogP) is 2.58. The zero-order chi connectivity index (χ0) is 28.2. The summed E-state index contributed by atoms with van der Waals surface area (Å²) >= 11 is 0. The molecule has 214 valence electrons. The van der Waals surface area contributed by atoms with Gasteiger partial charge < -0.3 is 19.1 Å². The second-order valence-corrected chi connectivity index (χ2v) is 11.6. The van der Waals surface area contributed by atoms with Crippen LogP contribution in [-0.4, -0.2) is 57.3 Å². The number of aromatic amines is 1. The standard InChI is InChI=1S/C25H33FN3O9P/c1-16(22(32)36-17-9-5-3-6-10-17)28-39(34,38-18-11-7-4-8-12-18)35-15-19-21(31)25(2,26)23(37-19)29-14-13-20(30)27-24(29)33/h4,7-8,11-14,16-17,19,21,23,31H,3,5-6,9-10,15H2,1-2H3,(H,28,34)(H,27,30,33)/t16?,19-,21-,23-,25-,39+/m1/s1. The maximum Gasteiger partial charge on any atom is 0.459 e. The first-order valence-corrected chi connectivity index (χ1v) is 14.3. The molecule has 2 aromatic rings. The Morgan fingerprint density at radius 1 is 1.26 bits per heavy atom. The van der Waals surface area contributed by atoms with Gasteiger partial charge in [0.1, 0.15) is 30.1 Å². The molecule has 39 heavy (non-hydrogen) atoms. The maximum atomic E-state index is 15.5. The van der Waals surface area contributed by atoms with Gasteiger partial charge in [0.2, 0.25) is 0 Å². The van der Waals surface area contributed by atoms with Gasteiger partial charge in [0, 0.05) is 12.3 Å². The smallest absolute Gasteiger partial charge is 0.459 e. The Morgan fingerprint density at radius 3 is 2.62 bits per heavy atom. The average molecular weight is 570 g/mol. The number of alkyl halides is 1. The molecule has 0 amide bonds. The molecular weight excluding hydrogens is 536 g/mol. The molecule has 3 N–H and O–H groups in total. The average Bonchev–Trinajstić information content (AvgIpc) is 3.12. The molecule has 14 heteroatoms. The lowest BCUT2D eigenvalue weighted by atomic mass is 9.98. The van der Waals surface area contributed by atoms with Crippen LogP contribution in [0.1, 0.15) is 52.2 Å². The number of benzene rings is 1. The number of esters is 1. The van der Waals surface area contributed by atoms with Crippen LogP contribution in [-0.2, 0) is 23.4 Å². The summed E-state index contributed by atoms with van der Waals surface area (Å²) in [6, 6.07) is 7.99. The monoisotopic (exact) mass is 569 g/mol. The zero-order valence-electron chi connectivity index (χ0n) is 21.7. The van der Waals surface area contributed by atoms with Crippen LogP contribution in [0.25, 0.3) is 0 Å². The van der Waals surface area contributed by atoms with E-state index in [9.17, 15) is 24.1 Å². The number of nitrogens with zero attached hydrogens (tertiary/aromatic N) is 1. The van der Waals surface area contributed by atoms with Crippen LogP contribution in [0.5, 0.6) is 5.75 Å². The number of carbonyl (C=O) groups excluding carboxylic acids is 1. The van der Waals surface area contributed by atoms with Crippen molar-refractivity contribution in [3.63, 3.8) is 0 Å². The Hall–Kier alpha value is -2.83. The molecule has 1 aromatic carbocycles. The molecule has 2 fully saturated rings. The first kappa shape index (κ1) is 29.2. The SMILES string of the molecule is CC(N[P@](=O)(OC[C@H]1O[C@@H](n2ccc(=O)[nH]c2=O)[C@](C)(F)[C@@H]1O)Oc1ccccc1)C(=O)OC1CCCCC1. The van der Waals surface area contributed by atoms with E-state index in [1.165, 1.54) is 19.1 Å². The molecular formula is C25H33FN3O9P. The first-order chi connectivity index (χ1) is 18.5. The fourth-order valence-corrected chi connectivity index (χ4v) is 6.09. The molecule has 0 spiro atoms. The van der Waals surface area contributed by atoms with Crippen LogP contribution in [0.2, 0.25) is 0 Å². The van der Waals surface area contributed by atoms with E-state index >= 15 is 4.39 Å². The van der Waals surface area contributed by atoms with Crippen LogP contribution in [0.4, 0.5) is 4.39 Å². The topological polar surface area (TPSA) is 158 Å². The van der Waals surface area contributed by atoms with Gasteiger partial charge >= 0.3 is 19.4 Å². The summed E-state index contributed by atoms with van der Waals surface area (Å²) in [6.07, 6.45) is 0.537. The summed E-state index contributed by atoms with van der Waals surface area (Å²) in [6.45, 7) is 1.85. The molecule has 2 aliphatic rings. The number of rotatable bonds is 10. The van der Waals surface area contributed by atoms with Crippen molar-refractivity contribution in [3.05, 3.63) is 63.4 Å². The van der Waals surface area contributed by atoms with Gasteiger partial charge in [-0.2, -0.15) is 5.09 Å². The Kier molecular flexibility index (Phi) is 9.07. The van der Waals surface area contributed by atoms with Gasteiger partial charge in [0.05, 0.1) is 6.61 Å². The molecule has 1 saturated heterocycles. The van der Waals surface area contributed by atoms with Crippen molar-refractivity contribution in [2.45, 2.75) is 82.2 Å². The van der Waals surface area contributed by atoms with Crippen molar-refractivity contribution < 1.29 is 37.4 Å². The van der Waals surface area contributed by atoms with E-state index in [2.05, 4.69) is 5.09 Å². The van der Waals surface area contributed by atoms with Crippen LogP contribution in [0.15, 0.2) is 52.2 Å². The zero-order valence-corrected chi connectivity index (χ0v) is 22.6. The lowest BCUT2D eigenvalue weighted by molar-refractivity contribution is -0.152. The molecule has 1 unspecified atom stereocenters. The van der Waals surface area contributed by atoms with Gasteiger partial charge in [0.25, 0.3) is 5.56 Å². The third-order valence-electron chi connectivity index (χ3n) is 6.74. The molecule has 1 aromatic heterocycles. The largest absolute Gasteiger partial charge is 0.461 e. The van der Waals surface area contributed by atoms with Gasteiger partial charge in [-0.05, 0) is 51.7 Å². The second-order valence-electron chi connectivity index (χ2n) is 9.89. The lowest BCUT2D eigenvalue weighted by Gasteiger charge is -2.27. The Morgan fingerprint density at radius 2 is 1.95 bits per heavy atom. The van der Waals surface area contributed by atoms with Gasteiger partial charge in [0.15, 0.2) is 11.9 Å². The van der Waals surface area contributed by atoms with Crippen molar-refractivity contribution >= 4 is 13.7 Å². The van der Waals surface area contributed by atoms with E-state index in [0.717, 1.165) is 55.9 Å². The summed E-state index contributed by atoms with van der Waals surface area (Å²) < 4.78 is 52.4. The summed E-state index contributed by atoms with van der Waals surface area (Å²) in [5.74, 6) is -0.463. The highest BCUT2D eigenvalue weighted by molar-refractivity contribution is 7.52. The minimum Gasteiger partial charge on any atom is -0.461 e. The number of hydrogen-bond donors (Lipinski definition) is 3. The minimum atomic E-state index is -4.31. The predicted molar refractivity (Wildman–Crippen MR) is 137 cm³/mol. The minimum absolute atomic E-state index is 0.169. The van der Waals surface area contributed by atoms with Gasteiger partial charge in [-0.1, -0.05) is 24.6 Å². The molecule has 12 nitrogen and oxygen atoms in total. The molecule has 2 heterocycles. The van der Waals surface area contributed by atoms with E-state index in [4.69, 9.17) is 18.5 Å². The Labute approximate surface area is 224 Å². The van der Waals surface area contributed by atoms with Gasteiger partial charge in [-0.25, -0.2) is 13.8 Å². The number of para-hydroxylation sites is 1. The number of nitrogens with one attached hydrogen (secondary N) is 2. The van der Waals surface area contributed by atoms with Gasteiger partial charge in [-0.3, -0.25) is 23.7 Å². The van der Waals surface area contributed by atoms with Crippen molar-refractivity contribution in [2.75, 3.05) is 6.61 Å². The lowest BCUT2D eigenvalue weighted by Crippen LogP contribution is -2.44. The quantitative estimate of drug-likeness (QED) is 0.287. The fourth-order valence-electron chi connectivity index (χ4n) is 4.58. The normalized spacial score (nSPS) is 27.9. The number of H-pyrrole nitrogens is 1. The maximum absolute atomic E-state index is 15.5. The van der Waals surface area contributed by atoms with E-state index in [-0.39, 0.29) is 11.9 Å². The molecule has 0 bridgehead atoms. The second kappa shape index (κ2) is 12.1. The number of hydrogen-bond acceptors (Lipinski definition) is 9. The van der Waals surface area contributed by atoms with Crippen LogP contribution < -0.4 is 20.9 Å². The first-order valence-electron chi connectivity index (χ1n) is 12.8. The Bertz CT molecular complexity index is 1300. The van der Waals surface area contributed by atoms with Crippen molar-refractivity contribution in [3.8, 4) is 5.75 Å². The number of carbonyl (C=O) groups is 1. The summed E-state index contributed by atoms with van der Waals surface area (Å²) in [7, 11) is -4.31. The number of ether oxygens (including phenoxy) is 2. The molecule has 1 saturated carbocycles. The van der Waals surface area contributed by atoms with Gasteiger partial charge in [-0.15, -0.1) is 0 Å². The number of aromatic nitrogens is 2. The van der Waals surface area contributed by atoms with Crippen LogP contribution in [0.3, 0.4) is 0 Å². The Balaban J connectivity index is 1.48. The summed E-state index contributed by atoms with van der Waals surface area (Å²) in [4.78, 5) is 38.3. The summed E-state index contributed by atoms with van der Waals surface area (Å²) in [5.41, 5.74) is -4.10. The van der Waals surface area contributed by atoms with Crippen molar-refractivity contribution in [1.29, 1.82) is 0 Å². The molecule has 1 aliphatic heterocycles. The third-order valence-corrected chi connectivity index (χ3v) is 8.38. The van der Waals surface area contributed by atoms with E-state index in [1.807, 2.05) is 4.98 Å². The van der Waals surface area contributed by atoms with Crippen molar-refractivity contribution in [2.24, 2.45) is 0 Å². The van der Waals surface area contributed by atoms with Crippen molar-refractivity contribution in [1.82, 2.24) is 14.6 Å². The molecule has 6 atom stereocenters.